The Balaban J connectivity index is 1.99. The first kappa shape index (κ1) is 15.0. The van der Waals surface area contributed by atoms with Crippen molar-refractivity contribution < 1.29 is 0 Å². The van der Waals surface area contributed by atoms with Gasteiger partial charge >= 0.3 is 0 Å². The van der Waals surface area contributed by atoms with E-state index in [1.807, 2.05) is 0 Å². The summed E-state index contributed by atoms with van der Waals surface area (Å²) in [5.74, 6) is 1.92. The van der Waals surface area contributed by atoms with E-state index >= 15 is 0 Å². The lowest BCUT2D eigenvalue weighted by Crippen LogP contribution is -2.36. The minimum Gasteiger partial charge on any atom is -0.370 e. The highest BCUT2D eigenvalue weighted by molar-refractivity contribution is 5.57. The number of rotatable bonds is 8. The molecular weight excluding hydrogens is 250 g/mol. The maximum atomic E-state index is 4.40. The molecule has 0 aromatic carbocycles. The lowest BCUT2D eigenvalue weighted by Gasteiger charge is -2.25. The monoisotopic (exact) mass is 277 g/mol. The van der Waals surface area contributed by atoms with E-state index in [9.17, 15) is 0 Å². The van der Waals surface area contributed by atoms with Gasteiger partial charge < -0.3 is 10.6 Å². The van der Waals surface area contributed by atoms with Gasteiger partial charge in [0.25, 0.3) is 0 Å². The number of likely N-dealkylation sites (N-methyl/N-ethyl adjacent to an activating group) is 1. The van der Waals surface area contributed by atoms with Gasteiger partial charge in [-0.3, -0.25) is 4.90 Å². The molecule has 1 unspecified atom stereocenters. The molecule has 5 nitrogen and oxygen atoms in total. The van der Waals surface area contributed by atoms with Crippen molar-refractivity contribution in [3.8, 4) is 0 Å². The molecule has 2 rings (SSSR count). The van der Waals surface area contributed by atoms with Crippen LogP contribution in [0.2, 0.25) is 0 Å². The van der Waals surface area contributed by atoms with Gasteiger partial charge in [-0.25, -0.2) is 9.97 Å². The third kappa shape index (κ3) is 3.60. The summed E-state index contributed by atoms with van der Waals surface area (Å²) >= 11 is 0. The fourth-order valence-electron chi connectivity index (χ4n) is 2.45. The predicted molar refractivity (Wildman–Crippen MR) is 84.3 cm³/mol. The zero-order valence-corrected chi connectivity index (χ0v) is 13.1. The number of aromatic nitrogens is 2. The minimum absolute atomic E-state index is 0.518. The van der Waals surface area contributed by atoms with Crippen molar-refractivity contribution in [2.75, 3.05) is 30.8 Å². The highest BCUT2D eigenvalue weighted by atomic mass is 15.2. The molecule has 0 aliphatic heterocycles. The zero-order valence-electron chi connectivity index (χ0n) is 13.1. The summed E-state index contributed by atoms with van der Waals surface area (Å²) in [6, 6.07) is 1.31. The molecular formula is C15H27N5. The second-order valence-corrected chi connectivity index (χ2v) is 5.56. The van der Waals surface area contributed by atoms with Gasteiger partial charge in [0.15, 0.2) is 0 Å². The number of anilines is 2. The molecule has 1 fully saturated rings. The molecule has 1 saturated carbocycles. The van der Waals surface area contributed by atoms with Crippen LogP contribution in [0.4, 0.5) is 11.6 Å². The molecule has 0 spiro atoms. The van der Waals surface area contributed by atoms with Crippen LogP contribution in [0, 0.1) is 0 Å². The number of nitrogens with zero attached hydrogens (tertiary/aromatic N) is 3. The molecule has 0 bridgehead atoms. The Morgan fingerprint density at radius 3 is 2.45 bits per heavy atom. The summed E-state index contributed by atoms with van der Waals surface area (Å²) in [7, 11) is 2.22. The smallest absolute Gasteiger partial charge is 0.134 e. The van der Waals surface area contributed by atoms with Crippen molar-refractivity contribution in [3.63, 3.8) is 0 Å². The third-order valence-electron chi connectivity index (χ3n) is 4.03. The summed E-state index contributed by atoms with van der Waals surface area (Å²) in [5.41, 5.74) is 1.18. The zero-order chi connectivity index (χ0) is 14.5. The lowest BCUT2D eigenvalue weighted by molar-refractivity contribution is 0.257. The third-order valence-corrected chi connectivity index (χ3v) is 4.03. The predicted octanol–water partition coefficient (Wildman–Crippen LogP) is 2.37. The largest absolute Gasteiger partial charge is 0.370 e. The number of nitrogens with one attached hydrogen (secondary N) is 2. The molecule has 1 aromatic rings. The second kappa shape index (κ2) is 6.88. The van der Waals surface area contributed by atoms with Crippen molar-refractivity contribution in [1.29, 1.82) is 0 Å². The molecule has 1 aromatic heterocycles. The van der Waals surface area contributed by atoms with Crippen LogP contribution in [0.1, 0.15) is 39.2 Å². The van der Waals surface area contributed by atoms with Gasteiger partial charge in [-0.15, -0.1) is 0 Å². The molecule has 0 amide bonds. The van der Waals surface area contributed by atoms with Crippen molar-refractivity contribution in [1.82, 2.24) is 14.9 Å². The van der Waals surface area contributed by atoms with E-state index in [0.717, 1.165) is 37.2 Å². The van der Waals surface area contributed by atoms with Crippen LogP contribution in [-0.4, -0.2) is 47.1 Å². The molecule has 2 N–H and O–H groups in total. The molecule has 0 radical (unpaired) electrons. The molecule has 5 heteroatoms. The Hall–Kier alpha value is -1.36. The van der Waals surface area contributed by atoms with Crippen molar-refractivity contribution in [2.45, 2.75) is 52.1 Å². The van der Waals surface area contributed by atoms with Crippen molar-refractivity contribution in [2.24, 2.45) is 0 Å². The standard InChI is InChI=1S/C15H27N5/c1-5-13-14(16-6-2)18-10-19-15(13)17-9-11(3)20(4)12-7-8-12/h10-12H,5-9H2,1-4H3,(H2,16,17,18,19). The van der Waals surface area contributed by atoms with Gasteiger partial charge in [-0.05, 0) is 40.2 Å². The Morgan fingerprint density at radius 2 is 1.90 bits per heavy atom. The molecule has 1 heterocycles. The van der Waals surface area contributed by atoms with E-state index in [1.54, 1.807) is 6.33 Å². The van der Waals surface area contributed by atoms with Crippen molar-refractivity contribution >= 4 is 11.6 Å². The number of hydrogen-bond donors (Lipinski definition) is 2. The Kier molecular flexibility index (Phi) is 5.17. The maximum Gasteiger partial charge on any atom is 0.134 e. The molecule has 112 valence electrons. The van der Waals surface area contributed by atoms with Crippen LogP contribution < -0.4 is 10.6 Å². The fraction of sp³-hybridized carbons (Fsp3) is 0.733. The summed E-state index contributed by atoms with van der Waals surface area (Å²) < 4.78 is 0. The van der Waals surface area contributed by atoms with Gasteiger partial charge in [-0.2, -0.15) is 0 Å². The summed E-state index contributed by atoms with van der Waals surface area (Å²) in [5, 5.41) is 6.80. The SMILES string of the molecule is CCNc1ncnc(NCC(C)N(C)C2CC2)c1CC. The van der Waals surface area contributed by atoms with E-state index < -0.39 is 0 Å². The first-order valence-corrected chi connectivity index (χ1v) is 7.70. The first-order chi connectivity index (χ1) is 9.67. The van der Waals surface area contributed by atoms with E-state index in [0.29, 0.717) is 6.04 Å². The Morgan fingerprint density at radius 1 is 1.25 bits per heavy atom. The van der Waals surface area contributed by atoms with Crippen LogP contribution in [0.5, 0.6) is 0 Å². The van der Waals surface area contributed by atoms with Gasteiger partial charge in [-0.1, -0.05) is 6.92 Å². The quantitative estimate of drug-likeness (QED) is 0.764. The fourth-order valence-corrected chi connectivity index (χ4v) is 2.45. The Bertz CT molecular complexity index is 430. The summed E-state index contributed by atoms with van der Waals surface area (Å²) in [4.78, 5) is 11.2. The topological polar surface area (TPSA) is 53.1 Å². The highest BCUT2D eigenvalue weighted by Crippen LogP contribution is 2.27. The average Bonchev–Trinajstić information content (AvgIpc) is 3.29. The molecule has 1 aliphatic rings. The van der Waals surface area contributed by atoms with Gasteiger partial charge in [0.2, 0.25) is 0 Å². The van der Waals surface area contributed by atoms with Gasteiger partial charge in [0.1, 0.15) is 18.0 Å². The molecule has 0 saturated heterocycles. The average molecular weight is 277 g/mol. The Labute approximate surface area is 122 Å². The second-order valence-electron chi connectivity index (χ2n) is 5.56. The molecule has 20 heavy (non-hydrogen) atoms. The van der Waals surface area contributed by atoms with Crippen LogP contribution in [-0.2, 0) is 6.42 Å². The van der Waals surface area contributed by atoms with Crippen LogP contribution in [0.15, 0.2) is 6.33 Å². The number of hydrogen-bond acceptors (Lipinski definition) is 5. The van der Waals surface area contributed by atoms with Crippen molar-refractivity contribution in [3.05, 3.63) is 11.9 Å². The van der Waals surface area contributed by atoms with Crippen LogP contribution in [0.25, 0.3) is 0 Å². The summed E-state index contributed by atoms with van der Waals surface area (Å²) in [6.45, 7) is 8.29. The van der Waals surface area contributed by atoms with Gasteiger partial charge in [0.05, 0.1) is 0 Å². The molecule has 1 atom stereocenters. The summed E-state index contributed by atoms with van der Waals surface area (Å²) in [6.07, 6.45) is 5.26. The maximum absolute atomic E-state index is 4.40. The lowest BCUT2D eigenvalue weighted by atomic mass is 10.2. The highest BCUT2D eigenvalue weighted by Gasteiger charge is 2.29. The first-order valence-electron chi connectivity index (χ1n) is 7.70. The van der Waals surface area contributed by atoms with E-state index in [1.165, 1.54) is 18.4 Å². The van der Waals surface area contributed by atoms with Crippen LogP contribution >= 0.6 is 0 Å². The van der Waals surface area contributed by atoms with E-state index in [-0.39, 0.29) is 0 Å². The van der Waals surface area contributed by atoms with Gasteiger partial charge in [0, 0.05) is 30.7 Å². The normalized spacial score (nSPS) is 16.2. The van der Waals surface area contributed by atoms with E-state index in [2.05, 4.69) is 53.3 Å². The minimum atomic E-state index is 0.518. The van der Waals surface area contributed by atoms with Crippen LogP contribution in [0.3, 0.4) is 0 Å². The molecule has 1 aliphatic carbocycles. The van der Waals surface area contributed by atoms with E-state index in [4.69, 9.17) is 0 Å².